The highest BCUT2D eigenvalue weighted by Crippen LogP contribution is 2.24. The van der Waals surface area contributed by atoms with E-state index >= 15 is 0 Å². The highest BCUT2D eigenvalue weighted by atomic mass is 16.5. The molecule has 8 nitrogen and oxygen atoms in total. The molecule has 1 aromatic heterocycles. The van der Waals surface area contributed by atoms with E-state index in [0.29, 0.717) is 26.0 Å². The van der Waals surface area contributed by atoms with Crippen LogP contribution in [0.2, 0.25) is 0 Å². The highest BCUT2D eigenvalue weighted by Gasteiger charge is 2.26. The Bertz CT molecular complexity index is 818. The van der Waals surface area contributed by atoms with Crippen LogP contribution in [0.4, 0.5) is 5.95 Å². The predicted molar refractivity (Wildman–Crippen MR) is 99.7 cm³/mol. The number of carboxylic acid groups (broad SMARTS) is 1. The summed E-state index contributed by atoms with van der Waals surface area (Å²) in [5.41, 5.74) is 2.94. The van der Waals surface area contributed by atoms with E-state index in [2.05, 4.69) is 20.6 Å². The second-order valence-corrected chi connectivity index (χ2v) is 6.53. The number of amides is 1. The molecule has 1 aromatic carbocycles. The zero-order valence-electron chi connectivity index (χ0n) is 15.2. The first-order valence-electron chi connectivity index (χ1n) is 9.07. The van der Waals surface area contributed by atoms with Crippen LogP contribution < -0.4 is 15.4 Å². The van der Waals surface area contributed by atoms with Crippen LogP contribution in [-0.4, -0.2) is 40.1 Å². The maximum absolute atomic E-state index is 12.1. The third kappa shape index (κ3) is 4.99. The summed E-state index contributed by atoms with van der Waals surface area (Å²) >= 11 is 0. The van der Waals surface area contributed by atoms with Crippen LogP contribution in [0.15, 0.2) is 24.4 Å². The second kappa shape index (κ2) is 8.57. The fourth-order valence-corrected chi connectivity index (χ4v) is 3.14. The number of ether oxygens (including phenoxy) is 1. The lowest BCUT2D eigenvalue weighted by molar-refractivity contribution is -0.141. The fraction of sp³-hybridized carbons (Fsp3) is 0.421. The third-order valence-corrected chi connectivity index (χ3v) is 4.50. The van der Waals surface area contributed by atoms with Crippen LogP contribution in [0.5, 0.6) is 5.75 Å². The van der Waals surface area contributed by atoms with Gasteiger partial charge in [0.15, 0.2) is 5.95 Å². The van der Waals surface area contributed by atoms with Gasteiger partial charge < -0.3 is 25.5 Å². The van der Waals surface area contributed by atoms with Gasteiger partial charge in [0, 0.05) is 25.2 Å². The van der Waals surface area contributed by atoms with Gasteiger partial charge in [-0.3, -0.25) is 9.59 Å². The van der Waals surface area contributed by atoms with Gasteiger partial charge in [-0.2, -0.15) is 0 Å². The molecule has 8 heteroatoms. The summed E-state index contributed by atoms with van der Waals surface area (Å²) in [6, 6.07) is 5.69. The number of aromatic amines is 1. The molecule has 0 spiro atoms. The van der Waals surface area contributed by atoms with E-state index in [1.807, 2.05) is 25.1 Å². The first kappa shape index (κ1) is 18.8. The normalized spacial score (nSPS) is 16.2. The zero-order valence-corrected chi connectivity index (χ0v) is 15.2. The average molecular weight is 372 g/mol. The number of hydrogen-bond acceptors (Lipinski definition) is 5. The van der Waals surface area contributed by atoms with Crippen LogP contribution in [0.25, 0.3) is 0 Å². The molecule has 1 unspecified atom stereocenters. The SMILES string of the molecule is CCNc1ncc(CCOc2ccc3c(c2)CNC(=O)C(CC(=O)O)C3)[nH]1. The Hall–Kier alpha value is -3.03. The lowest BCUT2D eigenvalue weighted by Gasteiger charge is -2.11. The van der Waals surface area contributed by atoms with E-state index in [-0.39, 0.29) is 12.3 Å². The maximum Gasteiger partial charge on any atom is 0.304 e. The van der Waals surface area contributed by atoms with Crippen LogP contribution in [0, 0.1) is 5.92 Å². The molecule has 0 saturated carbocycles. The van der Waals surface area contributed by atoms with E-state index in [1.54, 1.807) is 6.20 Å². The van der Waals surface area contributed by atoms with E-state index < -0.39 is 11.9 Å². The first-order chi connectivity index (χ1) is 13.0. The molecular formula is C19H24N4O4. The Morgan fingerprint density at radius 1 is 1.41 bits per heavy atom. The number of benzene rings is 1. The van der Waals surface area contributed by atoms with Gasteiger partial charge in [0.05, 0.1) is 25.1 Å². The van der Waals surface area contributed by atoms with Crippen LogP contribution in [0.1, 0.15) is 30.2 Å². The van der Waals surface area contributed by atoms with Crippen molar-refractivity contribution in [3.8, 4) is 5.75 Å². The zero-order chi connectivity index (χ0) is 19.2. The number of rotatable bonds is 8. The molecule has 0 radical (unpaired) electrons. The van der Waals surface area contributed by atoms with Crippen molar-refractivity contribution in [2.24, 2.45) is 5.92 Å². The molecule has 0 saturated heterocycles. The Morgan fingerprint density at radius 3 is 3.04 bits per heavy atom. The van der Waals surface area contributed by atoms with Crippen molar-refractivity contribution >= 4 is 17.8 Å². The molecule has 0 bridgehead atoms. The number of nitrogens with zero attached hydrogens (tertiary/aromatic N) is 1. The number of carbonyl (C=O) groups is 2. The fourth-order valence-electron chi connectivity index (χ4n) is 3.14. The maximum atomic E-state index is 12.1. The number of H-pyrrole nitrogens is 1. The molecule has 3 rings (SSSR count). The van der Waals surface area contributed by atoms with E-state index in [1.165, 1.54) is 0 Å². The number of aromatic nitrogens is 2. The molecule has 2 aromatic rings. The van der Waals surface area contributed by atoms with Crippen molar-refractivity contribution in [2.45, 2.75) is 32.7 Å². The minimum atomic E-state index is -0.963. The molecule has 1 atom stereocenters. The number of fused-ring (bicyclic) bond motifs is 1. The molecule has 1 aliphatic heterocycles. The van der Waals surface area contributed by atoms with Gasteiger partial charge in [0.25, 0.3) is 0 Å². The monoisotopic (exact) mass is 372 g/mol. The molecule has 2 heterocycles. The van der Waals surface area contributed by atoms with Crippen molar-refractivity contribution in [1.82, 2.24) is 15.3 Å². The first-order valence-corrected chi connectivity index (χ1v) is 9.07. The van der Waals surface area contributed by atoms with Crippen molar-refractivity contribution in [3.05, 3.63) is 41.2 Å². The predicted octanol–water partition coefficient (Wildman–Crippen LogP) is 1.73. The third-order valence-electron chi connectivity index (χ3n) is 4.50. The van der Waals surface area contributed by atoms with Gasteiger partial charge in [-0.05, 0) is 36.6 Å². The van der Waals surface area contributed by atoms with Crippen molar-refractivity contribution in [2.75, 3.05) is 18.5 Å². The van der Waals surface area contributed by atoms with Gasteiger partial charge in [-0.1, -0.05) is 6.07 Å². The lowest BCUT2D eigenvalue weighted by atomic mass is 9.94. The largest absolute Gasteiger partial charge is 0.493 e. The molecule has 0 fully saturated rings. The summed E-state index contributed by atoms with van der Waals surface area (Å²) in [7, 11) is 0. The summed E-state index contributed by atoms with van der Waals surface area (Å²) in [5, 5.41) is 14.9. The quantitative estimate of drug-likeness (QED) is 0.561. The number of carbonyl (C=O) groups excluding carboxylic acids is 1. The number of anilines is 1. The summed E-state index contributed by atoms with van der Waals surface area (Å²) in [6.07, 6.45) is 2.75. The molecule has 27 heavy (non-hydrogen) atoms. The molecular weight excluding hydrogens is 348 g/mol. The van der Waals surface area contributed by atoms with Crippen molar-refractivity contribution in [3.63, 3.8) is 0 Å². The Kier molecular flexibility index (Phi) is 5.95. The number of nitrogens with one attached hydrogen (secondary N) is 3. The van der Waals surface area contributed by atoms with E-state index in [9.17, 15) is 9.59 Å². The van der Waals surface area contributed by atoms with Crippen molar-refractivity contribution < 1.29 is 19.4 Å². The molecule has 4 N–H and O–H groups in total. The summed E-state index contributed by atoms with van der Waals surface area (Å²) < 4.78 is 5.83. The van der Waals surface area contributed by atoms with E-state index in [4.69, 9.17) is 9.84 Å². The number of carboxylic acids is 1. The number of aliphatic carboxylic acids is 1. The van der Waals surface area contributed by atoms with Gasteiger partial charge in [-0.25, -0.2) is 4.98 Å². The van der Waals surface area contributed by atoms with E-state index in [0.717, 1.165) is 35.1 Å². The summed E-state index contributed by atoms with van der Waals surface area (Å²) in [5.74, 6) is -0.237. The van der Waals surface area contributed by atoms with Crippen LogP contribution >= 0.6 is 0 Å². The topological polar surface area (TPSA) is 116 Å². The summed E-state index contributed by atoms with van der Waals surface area (Å²) in [6.45, 7) is 3.70. The minimum Gasteiger partial charge on any atom is -0.493 e. The number of imidazole rings is 1. The van der Waals surface area contributed by atoms with Crippen molar-refractivity contribution in [1.29, 1.82) is 0 Å². The van der Waals surface area contributed by atoms with Gasteiger partial charge in [0.1, 0.15) is 5.75 Å². The minimum absolute atomic E-state index is 0.164. The van der Waals surface area contributed by atoms with Crippen LogP contribution in [-0.2, 0) is 29.0 Å². The lowest BCUT2D eigenvalue weighted by Crippen LogP contribution is -2.30. The van der Waals surface area contributed by atoms with Crippen LogP contribution in [0.3, 0.4) is 0 Å². The van der Waals surface area contributed by atoms with Gasteiger partial charge in [-0.15, -0.1) is 0 Å². The Balaban J connectivity index is 1.59. The molecule has 144 valence electrons. The molecule has 1 aliphatic rings. The number of hydrogen-bond donors (Lipinski definition) is 4. The molecule has 0 aliphatic carbocycles. The van der Waals surface area contributed by atoms with Gasteiger partial charge in [0.2, 0.25) is 5.91 Å². The average Bonchev–Trinajstić information content (AvgIpc) is 3.01. The smallest absolute Gasteiger partial charge is 0.304 e. The highest BCUT2D eigenvalue weighted by molar-refractivity contribution is 5.84. The summed E-state index contributed by atoms with van der Waals surface area (Å²) in [4.78, 5) is 30.4. The van der Waals surface area contributed by atoms with Gasteiger partial charge >= 0.3 is 5.97 Å². The Labute approximate surface area is 157 Å². The Morgan fingerprint density at radius 2 is 2.26 bits per heavy atom. The molecule has 1 amide bonds. The standard InChI is InChI=1S/C19H24N4O4/c1-2-20-19-22-11-15(23-19)5-6-27-16-4-3-12-7-13(9-17(24)25)18(26)21-10-14(12)8-16/h3-4,8,11,13H,2,5-7,9-10H2,1H3,(H,21,26)(H,24,25)(H2,20,22,23). The second-order valence-electron chi connectivity index (χ2n) is 6.53.